The van der Waals surface area contributed by atoms with E-state index in [-0.39, 0.29) is 24.0 Å². The lowest BCUT2D eigenvalue weighted by molar-refractivity contribution is 0.143. The molecule has 0 aliphatic carbocycles. The van der Waals surface area contributed by atoms with Crippen LogP contribution in [-0.2, 0) is 4.74 Å². The Kier molecular flexibility index (Phi) is 14.5. The second-order valence-corrected chi connectivity index (χ2v) is 5.59. The largest absolute Gasteiger partial charge is 0.382 e. The molecule has 0 saturated carbocycles. The third-order valence-corrected chi connectivity index (χ3v) is 4.07. The second-order valence-electron chi connectivity index (χ2n) is 5.59. The topological polar surface area (TPSA) is 48.9 Å². The highest BCUT2D eigenvalue weighted by Crippen LogP contribution is 2.13. The third kappa shape index (κ3) is 9.15. The molecule has 6 heteroatoms. The number of unbranched alkanes of at least 4 members (excludes halogenated alkanes) is 1. The molecule has 0 spiro atoms. The van der Waals surface area contributed by atoms with Crippen molar-refractivity contribution in [2.45, 2.75) is 52.0 Å². The van der Waals surface area contributed by atoms with Crippen molar-refractivity contribution in [3.63, 3.8) is 0 Å². The molecule has 0 bridgehead atoms. The van der Waals surface area contributed by atoms with Crippen LogP contribution in [0.15, 0.2) is 4.99 Å². The smallest absolute Gasteiger partial charge is 0.191 e. The summed E-state index contributed by atoms with van der Waals surface area (Å²) in [6.45, 7) is 10.4. The number of halogens is 1. The number of guanidine groups is 1. The van der Waals surface area contributed by atoms with E-state index in [1.165, 1.54) is 32.4 Å². The molecule has 1 fully saturated rings. The Balaban J connectivity index is 0.00000441. The third-order valence-electron chi connectivity index (χ3n) is 4.07. The van der Waals surface area contributed by atoms with E-state index in [0.717, 1.165) is 45.1 Å². The number of aliphatic imine (C=N–C) groups is 1. The molecule has 1 atom stereocenters. The lowest BCUT2D eigenvalue weighted by atomic mass is 10.2. The molecule has 132 valence electrons. The van der Waals surface area contributed by atoms with Crippen molar-refractivity contribution >= 4 is 29.9 Å². The van der Waals surface area contributed by atoms with Crippen molar-refractivity contribution in [2.24, 2.45) is 4.99 Å². The fourth-order valence-corrected chi connectivity index (χ4v) is 2.75. The van der Waals surface area contributed by atoms with Gasteiger partial charge in [0.05, 0.1) is 0 Å². The molecular weight excluding hydrogens is 391 g/mol. The van der Waals surface area contributed by atoms with Gasteiger partial charge in [0.1, 0.15) is 0 Å². The number of likely N-dealkylation sites (tertiary alicyclic amines) is 1. The summed E-state index contributed by atoms with van der Waals surface area (Å²) in [5.74, 6) is 0.920. The minimum Gasteiger partial charge on any atom is -0.382 e. The Bertz CT molecular complexity index is 283. The van der Waals surface area contributed by atoms with Crippen LogP contribution < -0.4 is 10.6 Å². The highest BCUT2D eigenvalue weighted by molar-refractivity contribution is 14.0. The first-order valence-corrected chi connectivity index (χ1v) is 8.58. The molecule has 1 aliphatic rings. The Morgan fingerprint density at radius 2 is 1.91 bits per heavy atom. The minimum absolute atomic E-state index is 0. The van der Waals surface area contributed by atoms with E-state index < -0.39 is 0 Å². The van der Waals surface area contributed by atoms with Crippen molar-refractivity contribution in [3.05, 3.63) is 0 Å². The summed E-state index contributed by atoms with van der Waals surface area (Å²) in [5.41, 5.74) is 0. The standard InChI is InChI=1S/C16H34N4O.HI/c1-4-15(20-11-7-8-12-20)14-19-16(17-3)18-10-6-9-13-21-5-2;/h15H,4-14H2,1-3H3,(H2,17,18,19);1H. The maximum Gasteiger partial charge on any atom is 0.191 e. The van der Waals surface area contributed by atoms with Gasteiger partial charge in [0.2, 0.25) is 0 Å². The van der Waals surface area contributed by atoms with Gasteiger partial charge in [-0.25, -0.2) is 0 Å². The van der Waals surface area contributed by atoms with Gasteiger partial charge < -0.3 is 15.4 Å². The Morgan fingerprint density at radius 3 is 2.50 bits per heavy atom. The van der Waals surface area contributed by atoms with Gasteiger partial charge in [0, 0.05) is 39.4 Å². The summed E-state index contributed by atoms with van der Waals surface area (Å²) >= 11 is 0. The summed E-state index contributed by atoms with van der Waals surface area (Å²) in [6, 6.07) is 0.629. The molecule has 1 rings (SSSR count). The van der Waals surface area contributed by atoms with E-state index in [9.17, 15) is 0 Å². The summed E-state index contributed by atoms with van der Waals surface area (Å²) < 4.78 is 5.34. The molecule has 1 saturated heterocycles. The number of hydrogen-bond acceptors (Lipinski definition) is 3. The lowest BCUT2D eigenvalue weighted by Gasteiger charge is -2.27. The zero-order valence-corrected chi connectivity index (χ0v) is 16.9. The number of nitrogens with one attached hydrogen (secondary N) is 2. The van der Waals surface area contributed by atoms with Crippen LogP contribution in [0.4, 0.5) is 0 Å². The summed E-state index contributed by atoms with van der Waals surface area (Å²) in [6.07, 6.45) is 6.11. The lowest BCUT2D eigenvalue weighted by Crippen LogP contribution is -2.46. The Labute approximate surface area is 153 Å². The van der Waals surface area contributed by atoms with Crippen LogP contribution in [0.3, 0.4) is 0 Å². The van der Waals surface area contributed by atoms with E-state index in [1.54, 1.807) is 0 Å². The van der Waals surface area contributed by atoms with Crippen molar-refractivity contribution in [1.29, 1.82) is 0 Å². The zero-order valence-electron chi connectivity index (χ0n) is 14.6. The molecule has 2 N–H and O–H groups in total. The van der Waals surface area contributed by atoms with Crippen LogP contribution in [0.25, 0.3) is 0 Å². The fourth-order valence-electron chi connectivity index (χ4n) is 2.75. The Morgan fingerprint density at radius 1 is 1.18 bits per heavy atom. The average molecular weight is 426 g/mol. The quantitative estimate of drug-likeness (QED) is 0.244. The van der Waals surface area contributed by atoms with E-state index >= 15 is 0 Å². The van der Waals surface area contributed by atoms with Crippen LogP contribution in [0.1, 0.15) is 46.0 Å². The van der Waals surface area contributed by atoms with E-state index in [4.69, 9.17) is 4.74 Å². The minimum atomic E-state index is 0. The van der Waals surface area contributed by atoms with Crippen LogP contribution in [0, 0.1) is 0 Å². The second kappa shape index (κ2) is 14.5. The fraction of sp³-hybridized carbons (Fsp3) is 0.938. The first-order chi connectivity index (χ1) is 10.3. The maximum atomic E-state index is 5.34. The van der Waals surface area contributed by atoms with Gasteiger partial charge >= 0.3 is 0 Å². The molecule has 0 radical (unpaired) electrons. The van der Waals surface area contributed by atoms with Crippen molar-refractivity contribution in [3.8, 4) is 0 Å². The highest BCUT2D eigenvalue weighted by Gasteiger charge is 2.20. The molecule has 1 unspecified atom stereocenters. The number of hydrogen-bond donors (Lipinski definition) is 2. The molecule has 1 aliphatic heterocycles. The summed E-state index contributed by atoms with van der Waals surface area (Å²) in [4.78, 5) is 6.90. The molecule has 0 aromatic heterocycles. The number of ether oxygens (including phenoxy) is 1. The van der Waals surface area contributed by atoms with Crippen molar-refractivity contribution in [2.75, 3.05) is 46.4 Å². The van der Waals surface area contributed by atoms with Crippen LogP contribution >= 0.6 is 24.0 Å². The first kappa shape index (κ1) is 21.9. The van der Waals surface area contributed by atoms with E-state index in [1.807, 2.05) is 14.0 Å². The maximum absolute atomic E-state index is 5.34. The van der Waals surface area contributed by atoms with E-state index in [2.05, 4.69) is 27.4 Å². The van der Waals surface area contributed by atoms with Gasteiger partial charge in [-0.05, 0) is 52.1 Å². The molecule has 22 heavy (non-hydrogen) atoms. The monoisotopic (exact) mass is 426 g/mol. The van der Waals surface area contributed by atoms with Crippen molar-refractivity contribution < 1.29 is 4.74 Å². The zero-order chi connectivity index (χ0) is 15.3. The van der Waals surface area contributed by atoms with Gasteiger partial charge in [-0.1, -0.05) is 6.92 Å². The van der Waals surface area contributed by atoms with Crippen LogP contribution in [-0.4, -0.2) is 63.3 Å². The first-order valence-electron chi connectivity index (χ1n) is 8.58. The molecular formula is C16H35IN4O. The van der Waals surface area contributed by atoms with Crippen LogP contribution in [0.5, 0.6) is 0 Å². The molecule has 0 aromatic carbocycles. The summed E-state index contributed by atoms with van der Waals surface area (Å²) in [5, 5.41) is 6.85. The normalized spacial score (nSPS) is 17.1. The Hall–Kier alpha value is -0.0800. The highest BCUT2D eigenvalue weighted by atomic mass is 127. The van der Waals surface area contributed by atoms with Crippen molar-refractivity contribution in [1.82, 2.24) is 15.5 Å². The van der Waals surface area contributed by atoms with Gasteiger partial charge in [-0.15, -0.1) is 24.0 Å². The van der Waals surface area contributed by atoms with Gasteiger partial charge in [-0.3, -0.25) is 9.89 Å². The van der Waals surface area contributed by atoms with Gasteiger partial charge in [-0.2, -0.15) is 0 Å². The van der Waals surface area contributed by atoms with Crippen LogP contribution in [0.2, 0.25) is 0 Å². The molecule has 0 amide bonds. The number of nitrogens with zero attached hydrogens (tertiary/aromatic N) is 2. The van der Waals surface area contributed by atoms with Gasteiger partial charge in [0.25, 0.3) is 0 Å². The van der Waals surface area contributed by atoms with Gasteiger partial charge in [0.15, 0.2) is 5.96 Å². The summed E-state index contributed by atoms with van der Waals surface area (Å²) in [7, 11) is 1.84. The predicted octanol–water partition coefficient (Wildman–Crippen LogP) is 2.46. The average Bonchev–Trinajstić information content (AvgIpc) is 3.03. The SMILES string of the molecule is CCOCCCCNC(=NC)NCC(CC)N1CCCC1.I. The van der Waals surface area contributed by atoms with E-state index in [0.29, 0.717) is 6.04 Å². The molecule has 0 aromatic rings. The number of rotatable bonds is 10. The molecule has 1 heterocycles. The predicted molar refractivity (Wildman–Crippen MR) is 105 cm³/mol. The molecule has 5 nitrogen and oxygen atoms in total.